The van der Waals surface area contributed by atoms with Crippen molar-refractivity contribution in [2.24, 2.45) is 5.10 Å². The molecule has 2 fully saturated rings. The van der Waals surface area contributed by atoms with E-state index in [2.05, 4.69) is 20.6 Å². The first-order valence-corrected chi connectivity index (χ1v) is 13.3. The van der Waals surface area contributed by atoms with Gasteiger partial charge in [0.05, 0.1) is 38.1 Å². The average molecular weight is 558 g/mol. The lowest BCUT2D eigenvalue weighted by molar-refractivity contribution is 0.0696. The van der Waals surface area contributed by atoms with Gasteiger partial charge >= 0.3 is 5.97 Å². The van der Waals surface area contributed by atoms with Crippen LogP contribution >= 0.6 is 34.5 Å². The summed E-state index contributed by atoms with van der Waals surface area (Å²) in [5, 5.41) is 25.1. The minimum absolute atomic E-state index is 0.0856. The summed E-state index contributed by atoms with van der Waals surface area (Å²) in [6.07, 6.45) is 2.95. The lowest BCUT2D eigenvalue weighted by Gasteiger charge is -2.49. The van der Waals surface area contributed by atoms with E-state index in [9.17, 15) is 14.3 Å². The van der Waals surface area contributed by atoms with E-state index >= 15 is 0 Å². The van der Waals surface area contributed by atoms with Crippen LogP contribution in [0.4, 0.5) is 9.52 Å². The van der Waals surface area contributed by atoms with E-state index in [1.54, 1.807) is 23.2 Å². The van der Waals surface area contributed by atoms with Crippen LogP contribution in [0.3, 0.4) is 0 Å². The minimum Gasteiger partial charge on any atom is -0.478 e. The fourth-order valence-corrected chi connectivity index (χ4v) is 6.50. The Balaban J connectivity index is 1.10. The van der Waals surface area contributed by atoms with Crippen molar-refractivity contribution in [3.05, 3.63) is 63.1 Å². The molecule has 0 saturated heterocycles. The van der Waals surface area contributed by atoms with Gasteiger partial charge in [-0.05, 0) is 43.5 Å². The Hall–Kier alpha value is -3.05. The van der Waals surface area contributed by atoms with Crippen molar-refractivity contribution in [2.75, 3.05) is 5.01 Å². The number of aromatic nitrogens is 2. The first-order chi connectivity index (χ1) is 17.9. The third-order valence-electron chi connectivity index (χ3n) is 7.05. The lowest BCUT2D eigenvalue weighted by Crippen LogP contribution is -2.67. The topological polar surface area (TPSA) is 104 Å². The number of carbonyl (C=O) groups is 1. The van der Waals surface area contributed by atoms with Crippen LogP contribution in [0, 0.1) is 5.82 Å². The Labute approximate surface area is 223 Å². The molecule has 0 spiro atoms. The van der Waals surface area contributed by atoms with Gasteiger partial charge in [0, 0.05) is 23.6 Å². The molecule has 0 radical (unpaired) electrons. The Morgan fingerprint density at radius 1 is 1.27 bits per heavy atom. The summed E-state index contributed by atoms with van der Waals surface area (Å²) in [6, 6.07) is 7.98. The highest BCUT2D eigenvalue weighted by Gasteiger charge is 2.49. The number of fused-ring (bicyclic) bond motifs is 2. The molecular formula is C25H18Cl2FN5O3S. The predicted octanol–water partition coefficient (Wildman–Crippen LogP) is 6.08. The summed E-state index contributed by atoms with van der Waals surface area (Å²) in [5.74, 6) is -0.578. The molecule has 2 unspecified atom stereocenters. The first-order valence-electron chi connectivity index (χ1n) is 11.8. The number of nitrogens with one attached hydrogen (secondary N) is 1. The van der Waals surface area contributed by atoms with Gasteiger partial charge in [-0.15, -0.1) is 0 Å². The molecule has 188 valence electrons. The van der Waals surface area contributed by atoms with Crippen molar-refractivity contribution in [3.63, 3.8) is 0 Å². The van der Waals surface area contributed by atoms with E-state index in [4.69, 9.17) is 27.7 Å². The number of halogens is 3. The molecule has 0 bridgehead atoms. The first kappa shape index (κ1) is 23.1. The van der Waals surface area contributed by atoms with Gasteiger partial charge in [-0.25, -0.2) is 19.2 Å². The van der Waals surface area contributed by atoms with Crippen molar-refractivity contribution >= 4 is 61.6 Å². The molecule has 3 aliphatic rings. The van der Waals surface area contributed by atoms with Crippen LogP contribution < -0.4 is 10.3 Å². The van der Waals surface area contributed by atoms with E-state index in [0.717, 1.165) is 42.4 Å². The van der Waals surface area contributed by atoms with Gasteiger partial charge in [-0.1, -0.05) is 45.8 Å². The number of aromatic carboxylic acids is 1. The Morgan fingerprint density at radius 2 is 2.05 bits per heavy atom. The van der Waals surface area contributed by atoms with Crippen LogP contribution in [-0.4, -0.2) is 39.0 Å². The molecule has 2 aromatic carbocycles. The third-order valence-corrected chi connectivity index (χ3v) is 8.67. The maximum Gasteiger partial charge on any atom is 0.335 e. The van der Waals surface area contributed by atoms with E-state index in [1.165, 1.54) is 17.4 Å². The molecule has 2 aliphatic carbocycles. The van der Waals surface area contributed by atoms with Gasteiger partial charge in [-0.2, -0.15) is 5.10 Å². The number of benzene rings is 2. The zero-order valence-corrected chi connectivity index (χ0v) is 21.4. The monoisotopic (exact) mass is 557 g/mol. The summed E-state index contributed by atoms with van der Waals surface area (Å²) in [7, 11) is 0. The van der Waals surface area contributed by atoms with Crippen molar-refractivity contribution in [3.8, 4) is 11.3 Å². The number of hydrogen-bond donors (Lipinski definition) is 2. The number of rotatable bonds is 7. The van der Waals surface area contributed by atoms with Gasteiger partial charge < -0.3 is 14.9 Å². The average Bonchev–Trinajstić information content (AvgIpc) is 3.47. The summed E-state index contributed by atoms with van der Waals surface area (Å²) < 4.78 is 20.6. The highest BCUT2D eigenvalue weighted by molar-refractivity contribution is 7.22. The summed E-state index contributed by atoms with van der Waals surface area (Å²) in [6.45, 7) is 0.535. The molecular weight excluding hydrogens is 540 g/mol. The molecule has 0 amide bonds. The van der Waals surface area contributed by atoms with Crippen LogP contribution in [0.1, 0.15) is 46.9 Å². The van der Waals surface area contributed by atoms with Crippen LogP contribution in [-0.2, 0) is 6.54 Å². The van der Waals surface area contributed by atoms with E-state index in [-0.39, 0.29) is 23.2 Å². The summed E-state index contributed by atoms with van der Waals surface area (Å²) in [5.41, 5.74) is 3.37. The van der Waals surface area contributed by atoms with Crippen LogP contribution in [0.2, 0.25) is 10.0 Å². The predicted molar refractivity (Wildman–Crippen MR) is 139 cm³/mol. The normalized spacial score (nSPS) is 20.4. The van der Waals surface area contributed by atoms with Gasteiger partial charge in [0.15, 0.2) is 5.82 Å². The second-order valence-electron chi connectivity index (χ2n) is 9.41. The number of hydrogen-bond acceptors (Lipinski definition) is 8. The molecule has 4 aromatic rings. The second-order valence-corrected chi connectivity index (χ2v) is 11.2. The van der Waals surface area contributed by atoms with E-state index < -0.39 is 11.8 Å². The molecule has 2 saturated carbocycles. The van der Waals surface area contributed by atoms with Crippen molar-refractivity contribution in [1.29, 1.82) is 0 Å². The van der Waals surface area contributed by atoms with Crippen molar-refractivity contribution in [2.45, 2.75) is 43.8 Å². The number of carboxylic acid groups (broad SMARTS) is 1. The number of anilines is 1. The molecule has 1 aliphatic heterocycles. The largest absolute Gasteiger partial charge is 0.478 e. The lowest BCUT2D eigenvalue weighted by atomic mass is 9.81. The van der Waals surface area contributed by atoms with Crippen LogP contribution in [0.25, 0.3) is 21.5 Å². The SMILES string of the molecule is O=C(O)c1cc(F)c2nc(N3N=C4C(NCc5c(-c6c(Cl)cccc6Cl)noc5C5CC5)CC43)sc2c1. The molecule has 2 aromatic heterocycles. The second kappa shape index (κ2) is 8.49. The minimum atomic E-state index is -1.18. The Bertz CT molecular complexity index is 1610. The third kappa shape index (κ3) is 3.73. The van der Waals surface area contributed by atoms with Crippen molar-refractivity contribution in [1.82, 2.24) is 15.5 Å². The smallest absolute Gasteiger partial charge is 0.335 e. The number of carboxylic acids is 1. The number of hydrazone groups is 1. The molecule has 2 N–H and O–H groups in total. The van der Waals surface area contributed by atoms with Gasteiger partial charge in [-0.3, -0.25) is 0 Å². The summed E-state index contributed by atoms with van der Waals surface area (Å²) >= 11 is 14.2. The van der Waals surface area contributed by atoms with Crippen LogP contribution in [0.15, 0.2) is 40.0 Å². The fraction of sp³-hybridized carbons (Fsp3) is 0.280. The Morgan fingerprint density at radius 3 is 2.73 bits per heavy atom. The Kier molecular flexibility index (Phi) is 5.30. The van der Waals surface area contributed by atoms with Crippen molar-refractivity contribution < 1.29 is 18.8 Å². The highest BCUT2D eigenvalue weighted by Crippen LogP contribution is 2.46. The van der Waals surface area contributed by atoms with Gasteiger partial charge in [0.1, 0.15) is 17.0 Å². The molecule has 8 nitrogen and oxygen atoms in total. The van der Waals surface area contributed by atoms with E-state index in [1.807, 2.05) is 0 Å². The molecule has 2 atom stereocenters. The fourth-order valence-electron chi connectivity index (χ4n) is 4.90. The quantitative estimate of drug-likeness (QED) is 0.283. The zero-order chi connectivity index (χ0) is 25.4. The highest BCUT2D eigenvalue weighted by atomic mass is 35.5. The standard InChI is InChI=1S/C25H18Cl2FN5O3S/c26-13-2-1-3-14(27)19(13)20-12(23(36-32-20)10-4-5-10)9-29-16-8-17-22(16)31-33(17)25-30-21-15(28)6-11(24(34)35)7-18(21)37-25/h1-3,6-7,10,16-17,29H,4-5,8-9H2,(H,34,35). The van der Waals surface area contributed by atoms with Crippen LogP contribution in [0.5, 0.6) is 0 Å². The maximum absolute atomic E-state index is 14.4. The maximum atomic E-state index is 14.4. The summed E-state index contributed by atoms with van der Waals surface area (Å²) in [4.78, 5) is 15.6. The molecule has 3 heterocycles. The number of thiazole rings is 1. The molecule has 37 heavy (non-hydrogen) atoms. The van der Waals surface area contributed by atoms with Gasteiger partial charge in [0.25, 0.3) is 0 Å². The number of nitrogens with zero attached hydrogens (tertiary/aromatic N) is 4. The zero-order valence-electron chi connectivity index (χ0n) is 19.0. The molecule has 12 heteroatoms. The van der Waals surface area contributed by atoms with E-state index in [0.29, 0.717) is 43.6 Å². The van der Waals surface area contributed by atoms with Gasteiger partial charge in [0.2, 0.25) is 5.13 Å². The molecule has 7 rings (SSSR count).